The number of rotatable bonds is 3. The molecule has 2 N–H and O–H groups in total. The quantitative estimate of drug-likeness (QED) is 0.454. The van der Waals surface area contributed by atoms with Gasteiger partial charge in [0.15, 0.2) is 0 Å². The van der Waals surface area contributed by atoms with E-state index in [0.29, 0.717) is 0 Å². The molecule has 0 aromatic carbocycles. The molecule has 0 heterocycles. The van der Waals surface area contributed by atoms with Crippen molar-refractivity contribution in [2.75, 3.05) is 19.1 Å². The second-order valence-corrected chi connectivity index (χ2v) is 2.44. The summed E-state index contributed by atoms with van der Waals surface area (Å²) in [6.07, 6.45) is 2.97. The molecule has 0 aromatic rings. The summed E-state index contributed by atoms with van der Waals surface area (Å²) in [5.74, 6) is 1.82. The summed E-state index contributed by atoms with van der Waals surface area (Å²) < 4.78 is 0. The SMILES string of the molecule is CN=C(N)CCSC. The van der Waals surface area contributed by atoms with Crippen LogP contribution in [0.25, 0.3) is 0 Å². The van der Waals surface area contributed by atoms with Crippen LogP contribution in [0.3, 0.4) is 0 Å². The summed E-state index contributed by atoms with van der Waals surface area (Å²) in [7, 11) is 1.72. The van der Waals surface area contributed by atoms with E-state index < -0.39 is 0 Å². The highest BCUT2D eigenvalue weighted by molar-refractivity contribution is 7.98. The van der Waals surface area contributed by atoms with Gasteiger partial charge in [0.2, 0.25) is 0 Å². The molecule has 0 aliphatic heterocycles. The van der Waals surface area contributed by atoms with Crippen LogP contribution in [0.4, 0.5) is 0 Å². The van der Waals surface area contributed by atoms with Gasteiger partial charge in [-0.05, 0) is 12.0 Å². The number of thioether (sulfide) groups is 1. The monoisotopic (exact) mass is 132 g/mol. The molecule has 0 fully saturated rings. The first-order chi connectivity index (χ1) is 3.81. The smallest absolute Gasteiger partial charge is 0.0941 e. The predicted molar refractivity (Wildman–Crippen MR) is 40.5 cm³/mol. The lowest BCUT2D eigenvalue weighted by molar-refractivity contribution is 1.23. The molecule has 0 aromatic heterocycles. The van der Waals surface area contributed by atoms with E-state index in [4.69, 9.17) is 5.73 Å². The molecule has 0 saturated heterocycles. The lowest BCUT2D eigenvalue weighted by atomic mass is 10.4. The van der Waals surface area contributed by atoms with Crippen LogP contribution in [-0.4, -0.2) is 24.9 Å². The fourth-order valence-electron chi connectivity index (χ4n) is 0.318. The second-order valence-electron chi connectivity index (χ2n) is 1.46. The summed E-state index contributed by atoms with van der Waals surface area (Å²) in [6.45, 7) is 0. The third kappa shape index (κ3) is 3.99. The summed E-state index contributed by atoms with van der Waals surface area (Å²) >= 11 is 1.78. The highest BCUT2D eigenvalue weighted by Gasteiger charge is 1.86. The van der Waals surface area contributed by atoms with Gasteiger partial charge in [0.1, 0.15) is 0 Å². The fourth-order valence-corrected chi connectivity index (χ4v) is 0.732. The molecule has 8 heavy (non-hydrogen) atoms. The molecule has 0 atom stereocenters. The van der Waals surface area contributed by atoms with Gasteiger partial charge in [-0.3, -0.25) is 4.99 Å². The van der Waals surface area contributed by atoms with E-state index in [9.17, 15) is 0 Å². The van der Waals surface area contributed by atoms with E-state index in [1.165, 1.54) is 0 Å². The van der Waals surface area contributed by atoms with Crippen LogP contribution in [0.15, 0.2) is 4.99 Å². The Hall–Kier alpha value is -0.180. The standard InChI is InChI=1S/C5H12N2S/c1-7-5(6)3-4-8-2/h3-4H2,1-2H3,(H2,6,7). The molecular formula is C5H12N2S. The van der Waals surface area contributed by atoms with Crippen LogP contribution in [-0.2, 0) is 0 Å². The lowest BCUT2D eigenvalue weighted by Gasteiger charge is -1.93. The van der Waals surface area contributed by atoms with Gasteiger partial charge in [0.05, 0.1) is 5.84 Å². The van der Waals surface area contributed by atoms with Crippen molar-refractivity contribution in [3.8, 4) is 0 Å². The number of amidine groups is 1. The zero-order valence-electron chi connectivity index (χ0n) is 5.35. The number of aliphatic imine (C=N–C) groups is 1. The maximum Gasteiger partial charge on any atom is 0.0941 e. The van der Waals surface area contributed by atoms with Crippen LogP contribution in [0, 0.1) is 0 Å². The molecule has 48 valence electrons. The Kier molecular flexibility index (Phi) is 4.85. The molecule has 0 unspecified atom stereocenters. The summed E-state index contributed by atoms with van der Waals surface area (Å²) in [5.41, 5.74) is 5.40. The van der Waals surface area contributed by atoms with E-state index in [1.807, 2.05) is 0 Å². The molecule has 0 aliphatic rings. The van der Waals surface area contributed by atoms with Gasteiger partial charge in [-0.15, -0.1) is 0 Å². The summed E-state index contributed by atoms with van der Waals surface area (Å²) in [6, 6.07) is 0. The van der Waals surface area contributed by atoms with Crippen LogP contribution >= 0.6 is 11.8 Å². The van der Waals surface area contributed by atoms with E-state index in [0.717, 1.165) is 18.0 Å². The zero-order chi connectivity index (χ0) is 6.41. The van der Waals surface area contributed by atoms with Crippen LogP contribution in [0.5, 0.6) is 0 Å². The van der Waals surface area contributed by atoms with Gasteiger partial charge in [-0.1, -0.05) is 0 Å². The number of nitrogens with zero attached hydrogens (tertiary/aromatic N) is 1. The molecule has 0 spiro atoms. The molecule has 0 rings (SSSR count). The molecule has 3 heteroatoms. The van der Waals surface area contributed by atoms with Crippen molar-refractivity contribution in [2.45, 2.75) is 6.42 Å². The van der Waals surface area contributed by atoms with Crippen molar-refractivity contribution in [3.05, 3.63) is 0 Å². The van der Waals surface area contributed by atoms with Gasteiger partial charge in [-0.2, -0.15) is 11.8 Å². The summed E-state index contributed by atoms with van der Waals surface area (Å²) in [5, 5.41) is 0. The Morgan fingerprint density at radius 2 is 2.38 bits per heavy atom. The largest absolute Gasteiger partial charge is 0.387 e. The Bertz CT molecular complexity index is 80.5. The first kappa shape index (κ1) is 7.82. The fraction of sp³-hybridized carbons (Fsp3) is 0.800. The topological polar surface area (TPSA) is 38.4 Å². The van der Waals surface area contributed by atoms with Gasteiger partial charge >= 0.3 is 0 Å². The molecule has 0 radical (unpaired) electrons. The minimum atomic E-state index is 0.749. The van der Waals surface area contributed by atoms with Gasteiger partial charge in [0, 0.05) is 13.5 Å². The molecule has 2 nitrogen and oxygen atoms in total. The van der Waals surface area contributed by atoms with Crippen molar-refractivity contribution in [2.24, 2.45) is 10.7 Å². The van der Waals surface area contributed by atoms with Gasteiger partial charge in [0.25, 0.3) is 0 Å². The van der Waals surface area contributed by atoms with Crippen molar-refractivity contribution in [3.63, 3.8) is 0 Å². The van der Waals surface area contributed by atoms with E-state index >= 15 is 0 Å². The van der Waals surface area contributed by atoms with E-state index in [2.05, 4.69) is 11.2 Å². The molecule has 0 amide bonds. The Morgan fingerprint density at radius 3 is 2.75 bits per heavy atom. The first-order valence-corrected chi connectivity index (χ1v) is 3.90. The first-order valence-electron chi connectivity index (χ1n) is 2.51. The minimum absolute atomic E-state index is 0.749. The lowest BCUT2D eigenvalue weighted by Crippen LogP contribution is -2.11. The molecule has 0 saturated carbocycles. The molecule has 0 bridgehead atoms. The number of hydrogen-bond donors (Lipinski definition) is 1. The second kappa shape index (κ2) is 4.97. The minimum Gasteiger partial charge on any atom is -0.387 e. The van der Waals surface area contributed by atoms with Crippen molar-refractivity contribution in [1.82, 2.24) is 0 Å². The highest BCUT2D eigenvalue weighted by Crippen LogP contribution is 1.93. The van der Waals surface area contributed by atoms with Crippen molar-refractivity contribution < 1.29 is 0 Å². The number of hydrogen-bond acceptors (Lipinski definition) is 2. The van der Waals surface area contributed by atoms with Crippen LogP contribution < -0.4 is 5.73 Å². The average Bonchev–Trinajstić information content (AvgIpc) is 1.83. The Labute approximate surface area is 54.6 Å². The van der Waals surface area contributed by atoms with Gasteiger partial charge < -0.3 is 5.73 Å². The van der Waals surface area contributed by atoms with Crippen LogP contribution in [0.2, 0.25) is 0 Å². The van der Waals surface area contributed by atoms with Crippen molar-refractivity contribution >= 4 is 17.6 Å². The Balaban J connectivity index is 3.12. The maximum absolute atomic E-state index is 5.40. The maximum atomic E-state index is 5.40. The third-order valence-corrected chi connectivity index (χ3v) is 1.46. The highest BCUT2D eigenvalue weighted by atomic mass is 32.2. The predicted octanol–water partition coefficient (Wildman–Crippen LogP) is 0.727. The third-order valence-electron chi connectivity index (χ3n) is 0.850. The zero-order valence-corrected chi connectivity index (χ0v) is 6.16. The van der Waals surface area contributed by atoms with Crippen LogP contribution in [0.1, 0.15) is 6.42 Å². The van der Waals surface area contributed by atoms with Gasteiger partial charge in [-0.25, -0.2) is 0 Å². The normalized spacial score (nSPS) is 12.0. The average molecular weight is 132 g/mol. The van der Waals surface area contributed by atoms with E-state index in [-0.39, 0.29) is 0 Å². The molecule has 0 aliphatic carbocycles. The summed E-state index contributed by atoms with van der Waals surface area (Å²) in [4.78, 5) is 3.81. The van der Waals surface area contributed by atoms with Crippen molar-refractivity contribution in [1.29, 1.82) is 0 Å². The molecular weight excluding hydrogens is 120 g/mol. The van der Waals surface area contributed by atoms with E-state index in [1.54, 1.807) is 18.8 Å². The number of nitrogens with two attached hydrogens (primary N) is 1. The Morgan fingerprint density at radius 1 is 1.75 bits per heavy atom.